The first-order valence-corrected chi connectivity index (χ1v) is 5.61. The van der Waals surface area contributed by atoms with Crippen molar-refractivity contribution in [2.45, 2.75) is 18.6 Å². The number of aliphatic hydroxyl groups excluding tert-OH is 1. The second kappa shape index (κ2) is 5.00. The largest absolute Gasteiger partial charge is 0.392 e. The van der Waals surface area contributed by atoms with Gasteiger partial charge >= 0.3 is 0 Å². The SMILES string of the molecule is O=C(Nc1ccc(F)cc1Cl)C1CC(O)CN1. The molecule has 0 aliphatic carbocycles. The molecule has 1 heterocycles. The fourth-order valence-electron chi connectivity index (χ4n) is 1.73. The number of hydrogen-bond donors (Lipinski definition) is 3. The number of hydrogen-bond acceptors (Lipinski definition) is 3. The summed E-state index contributed by atoms with van der Waals surface area (Å²) in [5.41, 5.74) is 0.362. The minimum absolute atomic E-state index is 0.150. The molecule has 1 aliphatic rings. The molecule has 3 N–H and O–H groups in total. The molecule has 1 aromatic rings. The zero-order valence-electron chi connectivity index (χ0n) is 8.91. The highest BCUT2D eigenvalue weighted by atomic mass is 35.5. The molecule has 2 atom stereocenters. The normalized spacial score (nSPS) is 23.7. The lowest BCUT2D eigenvalue weighted by Crippen LogP contribution is -2.35. The van der Waals surface area contributed by atoms with Crippen molar-refractivity contribution >= 4 is 23.2 Å². The van der Waals surface area contributed by atoms with Crippen LogP contribution >= 0.6 is 11.6 Å². The van der Waals surface area contributed by atoms with Gasteiger partial charge in [-0.15, -0.1) is 0 Å². The summed E-state index contributed by atoms with van der Waals surface area (Å²) in [5, 5.41) is 14.9. The highest BCUT2D eigenvalue weighted by molar-refractivity contribution is 6.33. The van der Waals surface area contributed by atoms with Crippen molar-refractivity contribution in [1.82, 2.24) is 5.32 Å². The Hall–Kier alpha value is -1.17. The Kier molecular flexibility index (Phi) is 3.61. The summed E-state index contributed by atoms with van der Waals surface area (Å²) < 4.78 is 12.8. The third-order valence-electron chi connectivity index (χ3n) is 2.61. The minimum atomic E-state index is -0.505. The van der Waals surface area contributed by atoms with Gasteiger partial charge in [-0.25, -0.2) is 4.39 Å². The van der Waals surface area contributed by atoms with Crippen LogP contribution in [-0.2, 0) is 4.79 Å². The third-order valence-corrected chi connectivity index (χ3v) is 2.93. The quantitative estimate of drug-likeness (QED) is 0.746. The molecule has 6 heteroatoms. The topological polar surface area (TPSA) is 61.4 Å². The van der Waals surface area contributed by atoms with Crippen molar-refractivity contribution in [3.8, 4) is 0 Å². The van der Waals surface area contributed by atoms with Gasteiger partial charge in [0.15, 0.2) is 0 Å². The van der Waals surface area contributed by atoms with Crippen molar-refractivity contribution in [3.05, 3.63) is 29.0 Å². The van der Waals surface area contributed by atoms with Crippen LogP contribution < -0.4 is 10.6 Å². The van der Waals surface area contributed by atoms with E-state index in [1.165, 1.54) is 12.1 Å². The molecule has 17 heavy (non-hydrogen) atoms. The van der Waals surface area contributed by atoms with Crippen molar-refractivity contribution in [2.24, 2.45) is 0 Å². The lowest BCUT2D eigenvalue weighted by Gasteiger charge is -2.12. The summed E-state index contributed by atoms with van der Waals surface area (Å²) in [5.74, 6) is -0.738. The number of amides is 1. The number of benzene rings is 1. The maximum absolute atomic E-state index is 12.8. The Morgan fingerprint density at radius 1 is 1.59 bits per heavy atom. The molecule has 0 saturated carbocycles. The second-order valence-electron chi connectivity index (χ2n) is 3.96. The van der Waals surface area contributed by atoms with Crippen LogP contribution in [-0.4, -0.2) is 29.7 Å². The van der Waals surface area contributed by atoms with Crippen LogP contribution in [0.5, 0.6) is 0 Å². The summed E-state index contributed by atoms with van der Waals surface area (Å²) in [6.45, 7) is 0.398. The molecular weight excluding hydrogens is 247 g/mol. The van der Waals surface area contributed by atoms with Gasteiger partial charge in [-0.1, -0.05) is 11.6 Å². The van der Waals surface area contributed by atoms with E-state index in [2.05, 4.69) is 10.6 Å². The lowest BCUT2D eigenvalue weighted by molar-refractivity contribution is -0.117. The molecule has 2 unspecified atom stereocenters. The Morgan fingerprint density at radius 3 is 2.94 bits per heavy atom. The number of β-amino-alcohol motifs (C(OH)–C–C–N with tert-alkyl or cyclic N) is 1. The van der Waals surface area contributed by atoms with Gasteiger partial charge in [0.1, 0.15) is 5.82 Å². The highest BCUT2D eigenvalue weighted by Crippen LogP contribution is 2.23. The zero-order chi connectivity index (χ0) is 12.4. The van der Waals surface area contributed by atoms with E-state index >= 15 is 0 Å². The summed E-state index contributed by atoms with van der Waals surface area (Å²) in [6.07, 6.45) is -0.139. The number of rotatable bonds is 2. The molecular formula is C11H12ClFN2O2. The van der Waals surface area contributed by atoms with E-state index in [1.54, 1.807) is 0 Å². The molecule has 0 bridgehead atoms. The van der Waals surface area contributed by atoms with Gasteiger partial charge in [-0.05, 0) is 24.6 Å². The van der Waals surface area contributed by atoms with E-state index in [9.17, 15) is 14.3 Å². The molecule has 1 aliphatic heterocycles. The smallest absolute Gasteiger partial charge is 0.241 e. The van der Waals surface area contributed by atoms with Gasteiger partial charge in [0.25, 0.3) is 0 Å². The van der Waals surface area contributed by atoms with Crippen molar-refractivity contribution in [3.63, 3.8) is 0 Å². The molecule has 1 aromatic carbocycles. The van der Waals surface area contributed by atoms with E-state index in [-0.39, 0.29) is 10.9 Å². The summed E-state index contributed by atoms with van der Waals surface area (Å²) in [6, 6.07) is 3.32. The first-order chi connectivity index (χ1) is 8.06. The molecule has 0 spiro atoms. The van der Waals surface area contributed by atoms with Gasteiger partial charge in [-0.2, -0.15) is 0 Å². The van der Waals surface area contributed by atoms with E-state index in [4.69, 9.17) is 11.6 Å². The average Bonchev–Trinajstić information content (AvgIpc) is 2.69. The minimum Gasteiger partial charge on any atom is -0.392 e. The van der Waals surface area contributed by atoms with Gasteiger partial charge < -0.3 is 15.7 Å². The molecule has 1 fully saturated rings. The summed E-state index contributed by atoms with van der Waals surface area (Å²) in [7, 11) is 0. The number of halogens is 2. The predicted molar refractivity (Wildman–Crippen MR) is 62.5 cm³/mol. The maximum atomic E-state index is 12.8. The van der Waals surface area contributed by atoms with E-state index in [0.717, 1.165) is 6.07 Å². The third kappa shape index (κ3) is 2.94. The lowest BCUT2D eigenvalue weighted by atomic mass is 10.2. The van der Waals surface area contributed by atoms with Crippen molar-refractivity contribution in [1.29, 1.82) is 0 Å². The first kappa shape index (κ1) is 12.3. The number of aliphatic hydroxyl groups is 1. The van der Waals surface area contributed by atoms with Gasteiger partial charge in [0, 0.05) is 6.54 Å². The van der Waals surface area contributed by atoms with Crippen LogP contribution in [0, 0.1) is 5.82 Å². The van der Waals surface area contributed by atoms with Crippen LogP contribution in [0.25, 0.3) is 0 Å². The number of nitrogens with one attached hydrogen (secondary N) is 2. The van der Waals surface area contributed by atoms with Crippen LogP contribution in [0.2, 0.25) is 5.02 Å². The average molecular weight is 259 g/mol. The van der Waals surface area contributed by atoms with Crippen molar-refractivity contribution < 1.29 is 14.3 Å². The monoisotopic (exact) mass is 258 g/mol. The highest BCUT2D eigenvalue weighted by Gasteiger charge is 2.28. The fraction of sp³-hybridized carbons (Fsp3) is 0.364. The molecule has 92 valence electrons. The molecule has 4 nitrogen and oxygen atoms in total. The fourth-order valence-corrected chi connectivity index (χ4v) is 1.94. The number of carbonyl (C=O) groups is 1. The van der Waals surface area contributed by atoms with Gasteiger partial charge in [0.05, 0.1) is 22.9 Å². The zero-order valence-corrected chi connectivity index (χ0v) is 9.67. The Balaban J connectivity index is 2.03. The van der Waals surface area contributed by atoms with Gasteiger partial charge in [0.2, 0.25) is 5.91 Å². The summed E-state index contributed by atoms with van der Waals surface area (Å²) >= 11 is 5.78. The molecule has 0 radical (unpaired) electrons. The van der Waals surface area contributed by atoms with Crippen LogP contribution in [0.1, 0.15) is 6.42 Å². The first-order valence-electron chi connectivity index (χ1n) is 5.23. The van der Waals surface area contributed by atoms with E-state index < -0.39 is 18.0 Å². The Labute approximate surface area is 103 Å². The Morgan fingerprint density at radius 2 is 2.35 bits per heavy atom. The molecule has 1 saturated heterocycles. The number of anilines is 1. The standard InChI is InChI=1S/C11H12ClFN2O2/c12-8-3-6(13)1-2-9(8)15-11(17)10-4-7(16)5-14-10/h1-3,7,10,14,16H,4-5H2,(H,15,17). The predicted octanol–water partition coefficient (Wildman–Crippen LogP) is 1.14. The van der Waals surface area contributed by atoms with Gasteiger partial charge in [-0.3, -0.25) is 4.79 Å². The van der Waals surface area contributed by atoms with Crippen LogP contribution in [0.3, 0.4) is 0 Å². The second-order valence-corrected chi connectivity index (χ2v) is 4.37. The molecule has 0 aromatic heterocycles. The Bertz CT molecular complexity index is 441. The van der Waals surface area contributed by atoms with E-state index in [0.29, 0.717) is 18.7 Å². The summed E-state index contributed by atoms with van der Waals surface area (Å²) in [4.78, 5) is 11.8. The maximum Gasteiger partial charge on any atom is 0.241 e. The molecule has 1 amide bonds. The molecule has 2 rings (SSSR count). The van der Waals surface area contributed by atoms with Crippen LogP contribution in [0.4, 0.5) is 10.1 Å². The van der Waals surface area contributed by atoms with Crippen LogP contribution in [0.15, 0.2) is 18.2 Å². The van der Waals surface area contributed by atoms with E-state index in [1.807, 2.05) is 0 Å². The van der Waals surface area contributed by atoms with Crippen molar-refractivity contribution in [2.75, 3.05) is 11.9 Å². The number of carbonyl (C=O) groups excluding carboxylic acids is 1.